The third-order valence-corrected chi connectivity index (χ3v) is 5.32. The van der Waals surface area contributed by atoms with E-state index in [1.807, 2.05) is 48.5 Å². The summed E-state index contributed by atoms with van der Waals surface area (Å²) < 4.78 is 21.8. The van der Waals surface area contributed by atoms with Gasteiger partial charge >= 0.3 is 0 Å². The molecule has 0 aliphatic rings. The maximum atomic E-state index is 6.59. The molecule has 3 rings (SSSR count). The largest absolute Gasteiger partial charge is 0.493 e. The highest BCUT2D eigenvalue weighted by Gasteiger charge is 2.23. The van der Waals surface area contributed by atoms with Crippen LogP contribution in [0.3, 0.4) is 0 Å². The SMILES string of the molecule is COc1ccc(C(c2ccc(OC)c(OC)c2)c2ccc(Cl)cc2Cl)cc1OC. The topological polar surface area (TPSA) is 36.9 Å². The summed E-state index contributed by atoms with van der Waals surface area (Å²) in [5.74, 6) is 2.41. The molecule has 0 atom stereocenters. The van der Waals surface area contributed by atoms with Gasteiger partial charge in [-0.3, -0.25) is 0 Å². The lowest BCUT2D eigenvalue weighted by Gasteiger charge is -2.22. The molecule has 0 aliphatic carbocycles. The van der Waals surface area contributed by atoms with Crippen molar-refractivity contribution in [2.45, 2.75) is 5.92 Å². The van der Waals surface area contributed by atoms with Gasteiger partial charge in [-0.05, 0) is 53.1 Å². The first-order valence-electron chi connectivity index (χ1n) is 8.91. The van der Waals surface area contributed by atoms with Crippen LogP contribution in [-0.2, 0) is 0 Å². The van der Waals surface area contributed by atoms with E-state index >= 15 is 0 Å². The van der Waals surface area contributed by atoms with Crippen LogP contribution in [0, 0.1) is 0 Å². The molecule has 0 heterocycles. The van der Waals surface area contributed by atoms with E-state index in [1.165, 1.54) is 0 Å². The molecule has 0 aliphatic heterocycles. The lowest BCUT2D eigenvalue weighted by Crippen LogP contribution is -2.06. The van der Waals surface area contributed by atoms with Gasteiger partial charge in [0.15, 0.2) is 23.0 Å². The molecule has 0 spiro atoms. The molecular weight excluding hydrogens is 411 g/mol. The fraction of sp³-hybridized carbons (Fsp3) is 0.217. The van der Waals surface area contributed by atoms with Gasteiger partial charge in [-0.1, -0.05) is 41.4 Å². The molecule has 0 radical (unpaired) electrons. The molecule has 3 aromatic rings. The third kappa shape index (κ3) is 4.39. The molecule has 3 aromatic carbocycles. The van der Waals surface area contributed by atoms with Crippen LogP contribution in [0.15, 0.2) is 54.6 Å². The molecule has 152 valence electrons. The number of hydrogen-bond donors (Lipinski definition) is 0. The van der Waals surface area contributed by atoms with Gasteiger partial charge in [-0.2, -0.15) is 0 Å². The van der Waals surface area contributed by atoms with E-state index in [0.29, 0.717) is 33.0 Å². The Labute approximate surface area is 180 Å². The Morgan fingerprint density at radius 1 is 0.586 bits per heavy atom. The van der Waals surface area contributed by atoms with Crippen molar-refractivity contribution >= 4 is 23.2 Å². The highest BCUT2D eigenvalue weighted by atomic mass is 35.5. The normalized spacial score (nSPS) is 10.7. The lowest BCUT2D eigenvalue weighted by atomic mass is 9.84. The first-order valence-corrected chi connectivity index (χ1v) is 9.66. The Morgan fingerprint density at radius 3 is 1.48 bits per heavy atom. The van der Waals surface area contributed by atoms with Crippen LogP contribution in [-0.4, -0.2) is 28.4 Å². The molecule has 4 nitrogen and oxygen atoms in total. The Kier molecular flexibility index (Phi) is 6.78. The van der Waals surface area contributed by atoms with Crippen molar-refractivity contribution in [3.63, 3.8) is 0 Å². The van der Waals surface area contributed by atoms with Crippen molar-refractivity contribution in [1.82, 2.24) is 0 Å². The van der Waals surface area contributed by atoms with E-state index in [1.54, 1.807) is 34.5 Å². The standard InChI is InChI=1S/C23H22Cl2O4/c1-26-19-9-5-14(11-21(19)28-3)23(17-8-7-16(24)13-18(17)25)15-6-10-20(27-2)22(12-15)29-4/h5-13,23H,1-4H3. The van der Waals surface area contributed by atoms with Crippen molar-refractivity contribution < 1.29 is 18.9 Å². The summed E-state index contributed by atoms with van der Waals surface area (Å²) in [6.45, 7) is 0. The quantitative estimate of drug-likeness (QED) is 0.416. The molecular formula is C23H22Cl2O4. The molecule has 29 heavy (non-hydrogen) atoms. The molecule has 0 fully saturated rings. The summed E-state index contributed by atoms with van der Waals surface area (Å²) in [5, 5.41) is 1.16. The van der Waals surface area contributed by atoms with Crippen molar-refractivity contribution in [2.75, 3.05) is 28.4 Å². The minimum Gasteiger partial charge on any atom is -0.493 e. The van der Waals surface area contributed by atoms with Crippen LogP contribution < -0.4 is 18.9 Å². The van der Waals surface area contributed by atoms with Crippen LogP contribution in [0.25, 0.3) is 0 Å². The van der Waals surface area contributed by atoms with Gasteiger partial charge in [0.25, 0.3) is 0 Å². The lowest BCUT2D eigenvalue weighted by molar-refractivity contribution is 0.354. The van der Waals surface area contributed by atoms with Crippen LogP contribution in [0.5, 0.6) is 23.0 Å². The fourth-order valence-corrected chi connectivity index (χ4v) is 3.87. The molecule has 0 bridgehead atoms. The Hall–Kier alpha value is -2.56. The molecule has 0 amide bonds. The predicted octanol–water partition coefficient (Wildman–Crippen LogP) is 6.21. The summed E-state index contributed by atoms with van der Waals surface area (Å²) in [6, 6.07) is 17.2. The number of methoxy groups -OCH3 is 4. The smallest absolute Gasteiger partial charge is 0.161 e. The van der Waals surface area contributed by atoms with Crippen molar-refractivity contribution in [3.05, 3.63) is 81.3 Å². The molecule has 0 N–H and O–H groups in total. The monoisotopic (exact) mass is 432 g/mol. The summed E-state index contributed by atoms with van der Waals surface area (Å²) in [4.78, 5) is 0. The average Bonchev–Trinajstić information content (AvgIpc) is 2.75. The van der Waals surface area contributed by atoms with Gasteiger partial charge < -0.3 is 18.9 Å². The predicted molar refractivity (Wildman–Crippen MR) is 116 cm³/mol. The average molecular weight is 433 g/mol. The van der Waals surface area contributed by atoms with Gasteiger partial charge in [0.1, 0.15) is 0 Å². The van der Waals surface area contributed by atoms with Crippen LogP contribution in [0.1, 0.15) is 22.6 Å². The molecule has 0 saturated heterocycles. The number of hydrogen-bond acceptors (Lipinski definition) is 4. The minimum absolute atomic E-state index is 0.181. The third-order valence-electron chi connectivity index (χ3n) is 4.76. The van der Waals surface area contributed by atoms with E-state index in [4.69, 9.17) is 42.1 Å². The zero-order valence-electron chi connectivity index (χ0n) is 16.7. The van der Waals surface area contributed by atoms with Crippen LogP contribution in [0.4, 0.5) is 0 Å². The Morgan fingerprint density at radius 2 is 1.07 bits per heavy atom. The number of benzene rings is 3. The van der Waals surface area contributed by atoms with Gasteiger partial charge in [-0.25, -0.2) is 0 Å². The summed E-state index contributed by atoms with van der Waals surface area (Å²) in [7, 11) is 6.45. The van der Waals surface area contributed by atoms with E-state index in [-0.39, 0.29) is 5.92 Å². The summed E-state index contributed by atoms with van der Waals surface area (Å²) in [5.41, 5.74) is 2.88. The highest BCUT2D eigenvalue weighted by molar-refractivity contribution is 6.35. The number of halogens is 2. The van der Waals surface area contributed by atoms with Crippen molar-refractivity contribution in [2.24, 2.45) is 0 Å². The zero-order chi connectivity index (χ0) is 21.0. The highest BCUT2D eigenvalue weighted by Crippen LogP contribution is 2.42. The van der Waals surface area contributed by atoms with E-state index in [2.05, 4.69) is 0 Å². The van der Waals surface area contributed by atoms with Gasteiger partial charge in [0.2, 0.25) is 0 Å². The molecule has 0 unspecified atom stereocenters. The number of rotatable bonds is 7. The van der Waals surface area contributed by atoms with Crippen LogP contribution >= 0.6 is 23.2 Å². The van der Waals surface area contributed by atoms with E-state index in [9.17, 15) is 0 Å². The summed E-state index contributed by atoms with van der Waals surface area (Å²) >= 11 is 12.7. The first kappa shape index (κ1) is 21.2. The first-order chi connectivity index (χ1) is 14.0. The van der Waals surface area contributed by atoms with E-state index in [0.717, 1.165) is 16.7 Å². The second kappa shape index (κ2) is 9.29. The Balaban J connectivity index is 2.23. The number of ether oxygens (including phenoxy) is 4. The maximum absolute atomic E-state index is 6.59. The molecule has 6 heteroatoms. The van der Waals surface area contributed by atoms with E-state index < -0.39 is 0 Å². The minimum atomic E-state index is -0.181. The second-order valence-electron chi connectivity index (χ2n) is 6.33. The summed E-state index contributed by atoms with van der Waals surface area (Å²) in [6.07, 6.45) is 0. The van der Waals surface area contributed by atoms with Crippen LogP contribution in [0.2, 0.25) is 10.0 Å². The fourth-order valence-electron chi connectivity index (χ4n) is 3.35. The maximum Gasteiger partial charge on any atom is 0.161 e. The molecule has 0 aromatic heterocycles. The second-order valence-corrected chi connectivity index (χ2v) is 7.17. The van der Waals surface area contributed by atoms with Gasteiger partial charge in [0.05, 0.1) is 28.4 Å². The van der Waals surface area contributed by atoms with Crippen molar-refractivity contribution in [1.29, 1.82) is 0 Å². The van der Waals surface area contributed by atoms with Gasteiger partial charge in [-0.15, -0.1) is 0 Å². The zero-order valence-corrected chi connectivity index (χ0v) is 18.2. The molecule has 0 saturated carbocycles. The Bertz CT molecular complexity index is 949. The van der Waals surface area contributed by atoms with Gasteiger partial charge in [0, 0.05) is 16.0 Å². The van der Waals surface area contributed by atoms with Crippen molar-refractivity contribution in [3.8, 4) is 23.0 Å².